The number of benzene rings is 1. The Labute approximate surface area is 86.1 Å². The minimum atomic E-state index is 0.643. The summed E-state index contributed by atoms with van der Waals surface area (Å²) in [5.74, 6) is 0.802. The molecule has 0 saturated carbocycles. The maximum absolute atomic E-state index is 8.62. The largest absolute Gasteiger partial charge is 0.496 e. The maximum Gasteiger partial charge on any atom is 0.123 e. The van der Waals surface area contributed by atoms with E-state index in [9.17, 15) is 0 Å². The van der Waals surface area contributed by atoms with Crippen LogP contribution in [0.2, 0.25) is 0 Å². The highest BCUT2D eigenvalue weighted by Crippen LogP contribution is 2.19. The summed E-state index contributed by atoms with van der Waals surface area (Å²) in [5.41, 5.74) is 1.78. The Kier molecular flexibility index (Phi) is 6.22. The van der Waals surface area contributed by atoms with Crippen LogP contribution in [0.4, 0.5) is 0 Å². The van der Waals surface area contributed by atoms with Crippen molar-refractivity contribution in [2.24, 2.45) is 0 Å². The lowest BCUT2D eigenvalue weighted by molar-refractivity contribution is 0.410. The van der Waals surface area contributed by atoms with Crippen LogP contribution in [0, 0.1) is 11.3 Å². The van der Waals surface area contributed by atoms with E-state index in [0.29, 0.717) is 5.56 Å². The van der Waals surface area contributed by atoms with Gasteiger partial charge in [0.1, 0.15) is 5.75 Å². The number of methoxy groups -OCH3 is 1. The van der Waals surface area contributed by atoms with Gasteiger partial charge < -0.3 is 4.74 Å². The highest BCUT2D eigenvalue weighted by molar-refractivity contribution is 5.42. The molecule has 1 aromatic carbocycles. The molecule has 0 atom stereocenters. The summed E-state index contributed by atoms with van der Waals surface area (Å²) in [5, 5.41) is 8.62. The van der Waals surface area contributed by atoms with Crippen LogP contribution in [-0.2, 0) is 6.42 Å². The van der Waals surface area contributed by atoms with Crippen LogP contribution in [0.25, 0.3) is 0 Å². The topological polar surface area (TPSA) is 33.0 Å². The molecule has 0 saturated heterocycles. The van der Waals surface area contributed by atoms with Crippen LogP contribution in [0.3, 0.4) is 0 Å². The zero-order valence-corrected chi connectivity index (χ0v) is 9.29. The van der Waals surface area contributed by atoms with E-state index in [2.05, 4.69) is 13.0 Å². The van der Waals surface area contributed by atoms with Gasteiger partial charge in [-0.2, -0.15) is 5.26 Å². The summed E-state index contributed by atoms with van der Waals surface area (Å²) in [4.78, 5) is 0. The van der Waals surface area contributed by atoms with Gasteiger partial charge in [0, 0.05) is 0 Å². The van der Waals surface area contributed by atoms with Crippen molar-refractivity contribution in [3.63, 3.8) is 0 Å². The Hall–Kier alpha value is -1.49. The molecule has 0 aliphatic rings. The number of aryl methyl sites for hydroxylation is 1. The first-order valence-electron chi connectivity index (χ1n) is 4.88. The van der Waals surface area contributed by atoms with E-state index >= 15 is 0 Å². The monoisotopic (exact) mass is 191 g/mol. The summed E-state index contributed by atoms with van der Waals surface area (Å²) in [6.45, 7) is 6.06. The average molecular weight is 191 g/mol. The van der Waals surface area contributed by atoms with Crippen molar-refractivity contribution in [3.8, 4) is 11.8 Å². The average Bonchev–Trinajstić information content (AvgIpc) is 2.30. The fourth-order valence-corrected chi connectivity index (χ4v) is 1.11. The van der Waals surface area contributed by atoms with Crippen LogP contribution in [0.15, 0.2) is 18.2 Å². The number of hydrogen-bond donors (Lipinski definition) is 0. The van der Waals surface area contributed by atoms with Gasteiger partial charge in [0.2, 0.25) is 0 Å². The molecule has 2 nitrogen and oxygen atoms in total. The molecular weight excluding hydrogens is 174 g/mol. The molecule has 0 fully saturated rings. The lowest BCUT2D eigenvalue weighted by atomic mass is 10.1. The Morgan fingerprint density at radius 2 is 2.00 bits per heavy atom. The van der Waals surface area contributed by atoms with E-state index in [1.807, 2.05) is 19.9 Å². The van der Waals surface area contributed by atoms with Gasteiger partial charge in [0.15, 0.2) is 0 Å². The number of ether oxygens (including phenoxy) is 1. The second-order valence-corrected chi connectivity index (χ2v) is 2.49. The molecule has 0 aromatic heterocycles. The van der Waals surface area contributed by atoms with E-state index in [0.717, 1.165) is 17.7 Å². The molecule has 14 heavy (non-hydrogen) atoms. The Morgan fingerprint density at radius 3 is 2.43 bits per heavy atom. The summed E-state index contributed by atoms with van der Waals surface area (Å²) < 4.78 is 5.13. The zero-order chi connectivity index (χ0) is 11.0. The summed E-state index contributed by atoms with van der Waals surface area (Å²) in [6, 6.07) is 7.57. The van der Waals surface area contributed by atoms with Crippen LogP contribution >= 0.6 is 0 Å². The quantitative estimate of drug-likeness (QED) is 0.719. The molecule has 1 rings (SSSR count). The van der Waals surface area contributed by atoms with Crippen molar-refractivity contribution < 1.29 is 4.74 Å². The standard InChI is InChI=1S/C10H11NO.C2H6/c1-3-9-5-4-8(7-11)6-10(9)12-2;1-2/h4-6H,3H2,1-2H3;1-2H3. The van der Waals surface area contributed by atoms with E-state index < -0.39 is 0 Å². The van der Waals surface area contributed by atoms with Crippen LogP contribution < -0.4 is 4.74 Å². The third-order valence-electron chi connectivity index (χ3n) is 1.80. The maximum atomic E-state index is 8.62. The molecule has 0 spiro atoms. The first-order valence-corrected chi connectivity index (χ1v) is 4.88. The minimum absolute atomic E-state index is 0.643. The summed E-state index contributed by atoms with van der Waals surface area (Å²) in [6.07, 6.45) is 0.925. The van der Waals surface area contributed by atoms with Gasteiger partial charge in [-0.15, -0.1) is 0 Å². The van der Waals surface area contributed by atoms with Crippen molar-refractivity contribution in [1.82, 2.24) is 0 Å². The highest BCUT2D eigenvalue weighted by Gasteiger charge is 2.00. The molecule has 0 radical (unpaired) electrons. The number of rotatable bonds is 2. The molecule has 0 aliphatic carbocycles. The molecular formula is C12H17NO. The van der Waals surface area contributed by atoms with Crippen molar-refractivity contribution in [1.29, 1.82) is 5.26 Å². The van der Waals surface area contributed by atoms with Crippen LogP contribution in [0.1, 0.15) is 31.9 Å². The summed E-state index contributed by atoms with van der Waals surface area (Å²) in [7, 11) is 1.62. The molecule has 0 aliphatic heterocycles. The normalized spacial score (nSPS) is 8.21. The fourth-order valence-electron chi connectivity index (χ4n) is 1.11. The smallest absolute Gasteiger partial charge is 0.123 e. The third kappa shape index (κ3) is 3.10. The molecule has 76 valence electrons. The lowest BCUT2D eigenvalue weighted by Crippen LogP contribution is -1.90. The van der Waals surface area contributed by atoms with Gasteiger partial charge >= 0.3 is 0 Å². The SMILES string of the molecule is CC.CCc1ccc(C#N)cc1OC. The predicted octanol–water partition coefficient (Wildman–Crippen LogP) is 3.16. The van der Waals surface area contributed by atoms with E-state index in [4.69, 9.17) is 10.00 Å². The van der Waals surface area contributed by atoms with Crippen molar-refractivity contribution in [3.05, 3.63) is 29.3 Å². The zero-order valence-electron chi connectivity index (χ0n) is 9.29. The minimum Gasteiger partial charge on any atom is -0.496 e. The first kappa shape index (κ1) is 12.5. The van der Waals surface area contributed by atoms with Gasteiger partial charge in [-0.1, -0.05) is 26.8 Å². The first-order chi connectivity index (χ1) is 6.81. The van der Waals surface area contributed by atoms with Gasteiger partial charge in [-0.25, -0.2) is 0 Å². The van der Waals surface area contributed by atoms with Gasteiger partial charge in [-0.3, -0.25) is 0 Å². The fraction of sp³-hybridized carbons (Fsp3) is 0.417. The van der Waals surface area contributed by atoms with Crippen molar-refractivity contribution >= 4 is 0 Å². The number of nitriles is 1. The van der Waals surface area contributed by atoms with Crippen molar-refractivity contribution in [2.45, 2.75) is 27.2 Å². The van der Waals surface area contributed by atoms with E-state index in [1.54, 1.807) is 19.2 Å². The molecule has 0 amide bonds. The molecule has 0 heterocycles. The number of hydrogen-bond acceptors (Lipinski definition) is 2. The Balaban J connectivity index is 0.000000791. The van der Waals surface area contributed by atoms with Gasteiger partial charge in [-0.05, 0) is 24.1 Å². The predicted molar refractivity (Wildman–Crippen MR) is 58.4 cm³/mol. The summed E-state index contributed by atoms with van der Waals surface area (Å²) >= 11 is 0. The van der Waals surface area contributed by atoms with Crippen molar-refractivity contribution in [2.75, 3.05) is 7.11 Å². The van der Waals surface area contributed by atoms with E-state index in [1.165, 1.54) is 0 Å². The van der Waals surface area contributed by atoms with Gasteiger partial charge in [0.25, 0.3) is 0 Å². The molecule has 0 N–H and O–H groups in total. The Bertz CT molecular complexity index is 313. The Morgan fingerprint density at radius 1 is 1.36 bits per heavy atom. The molecule has 1 aromatic rings. The van der Waals surface area contributed by atoms with E-state index in [-0.39, 0.29) is 0 Å². The second kappa shape index (κ2) is 6.97. The molecule has 0 bridgehead atoms. The number of nitrogens with zero attached hydrogens (tertiary/aromatic N) is 1. The second-order valence-electron chi connectivity index (χ2n) is 2.49. The van der Waals surface area contributed by atoms with Gasteiger partial charge in [0.05, 0.1) is 18.7 Å². The highest BCUT2D eigenvalue weighted by atomic mass is 16.5. The van der Waals surface area contributed by atoms with Crippen LogP contribution in [-0.4, -0.2) is 7.11 Å². The lowest BCUT2D eigenvalue weighted by Gasteiger charge is -2.05. The molecule has 0 unspecified atom stereocenters. The van der Waals surface area contributed by atoms with Crippen LogP contribution in [0.5, 0.6) is 5.75 Å². The third-order valence-corrected chi connectivity index (χ3v) is 1.80. The molecule has 2 heteroatoms.